The van der Waals surface area contributed by atoms with Crippen molar-refractivity contribution < 1.29 is 19.1 Å². The zero-order valence-corrected chi connectivity index (χ0v) is 21.8. The molecule has 3 fully saturated rings. The van der Waals surface area contributed by atoms with E-state index in [0.29, 0.717) is 12.0 Å². The van der Waals surface area contributed by atoms with Gasteiger partial charge in [-0.1, -0.05) is 43.3 Å². The van der Waals surface area contributed by atoms with Gasteiger partial charge in [0.15, 0.2) is 0 Å². The Morgan fingerprint density at radius 1 is 1.17 bits per heavy atom. The predicted octanol–water partition coefficient (Wildman–Crippen LogP) is 4.92. The molecule has 3 aliphatic carbocycles. The maximum atomic E-state index is 13.1. The Labute approximate surface area is 209 Å². The fourth-order valence-corrected chi connectivity index (χ4v) is 7.22. The van der Waals surface area contributed by atoms with Gasteiger partial charge in [-0.05, 0) is 82.4 Å². The van der Waals surface area contributed by atoms with Crippen molar-refractivity contribution in [1.82, 2.24) is 10.2 Å². The summed E-state index contributed by atoms with van der Waals surface area (Å²) in [7, 11) is 1.49. The van der Waals surface area contributed by atoms with Crippen molar-refractivity contribution in [3.63, 3.8) is 0 Å². The van der Waals surface area contributed by atoms with Crippen LogP contribution in [0.5, 0.6) is 0 Å². The average Bonchev–Trinajstić information content (AvgIpc) is 3.27. The van der Waals surface area contributed by atoms with E-state index in [1.165, 1.54) is 18.2 Å². The number of fused-ring (bicyclic) bond motifs is 2. The number of amides is 1. The van der Waals surface area contributed by atoms with Crippen LogP contribution in [-0.2, 0) is 19.7 Å². The van der Waals surface area contributed by atoms with E-state index in [2.05, 4.69) is 53.6 Å². The minimum Gasteiger partial charge on any atom is -0.469 e. The first-order valence-corrected chi connectivity index (χ1v) is 13.2. The average molecular weight is 481 g/mol. The molecule has 1 aromatic carbocycles. The van der Waals surface area contributed by atoms with Crippen molar-refractivity contribution >= 4 is 18.1 Å². The Kier molecular flexibility index (Phi) is 6.02. The summed E-state index contributed by atoms with van der Waals surface area (Å²) < 4.78 is 10.8. The highest BCUT2D eigenvalue weighted by Gasteiger charge is 2.62. The number of esters is 1. The van der Waals surface area contributed by atoms with Crippen molar-refractivity contribution in [2.24, 2.45) is 17.3 Å². The molecule has 6 heteroatoms. The molecule has 1 heterocycles. The molecule has 1 amide bonds. The number of carbonyl (C=O) groups excluding carboxylic acids is 2. The number of nitrogens with zero attached hydrogens (tertiary/aromatic N) is 1. The number of allylic oxidation sites excluding steroid dienone is 1. The molecular weight excluding hydrogens is 440 g/mol. The third-order valence-corrected chi connectivity index (χ3v) is 9.06. The highest BCUT2D eigenvalue weighted by atomic mass is 16.6. The normalized spacial score (nSPS) is 36.1. The van der Waals surface area contributed by atoms with Crippen LogP contribution in [0.1, 0.15) is 70.9 Å². The summed E-state index contributed by atoms with van der Waals surface area (Å²) in [6, 6.07) is 9.15. The Bertz CT molecular complexity index is 1030. The van der Waals surface area contributed by atoms with Gasteiger partial charge in [-0.2, -0.15) is 0 Å². The number of piperidine rings is 1. The van der Waals surface area contributed by atoms with Crippen LogP contribution in [0.4, 0.5) is 4.79 Å². The van der Waals surface area contributed by atoms with E-state index < -0.39 is 17.1 Å². The number of hydrogen-bond acceptors (Lipinski definition) is 5. The highest BCUT2D eigenvalue weighted by molar-refractivity contribution is 5.79. The molecule has 190 valence electrons. The zero-order chi connectivity index (χ0) is 25.0. The second-order valence-electron chi connectivity index (χ2n) is 12.2. The minimum absolute atomic E-state index is 0.0219. The summed E-state index contributed by atoms with van der Waals surface area (Å²) in [6.45, 7) is 10.0. The van der Waals surface area contributed by atoms with Crippen LogP contribution in [0.25, 0.3) is 6.08 Å². The Morgan fingerprint density at radius 3 is 2.66 bits per heavy atom. The SMILES string of the molecule is COC(=O)C1(C2CC2NC(=O)OC(C)(C)C)CCC(N2CC[C@@]3(C=Cc4ccccc43)[C@@H](C)C2)C1. The van der Waals surface area contributed by atoms with E-state index >= 15 is 0 Å². The largest absolute Gasteiger partial charge is 0.469 e. The van der Waals surface area contributed by atoms with Crippen LogP contribution in [0.2, 0.25) is 0 Å². The maximum absolute atomic E-state index is 13.1. The first kappa shape index (κ1) is 24.4. The smallest absolute Gasteiger partial charge is 0.407 e. The second-order valence-corrected chi connectivity index (χ2v) is 12.2. The number of benzene rings is 1. The summed E-state index contributed by atoms with van der Waals surface area (Å²) in [5, 5.41) is 2.99. The van der Waals surface area contributed by atoms with Gasteiger partial charge in [0.05, 0.1) is 12.5 Å². The standard InChI is InChI=1S/C29H40N2O4/c1-19-18-31(15-14-28(19)12-10-20-8-6-7-9-22(20)28)21-11-13-29(17-21,25(32)34-5)23-16-24(23)30-26(33)35-27(2,3)4/h6-10,12,19,21,23-24H,11,13-18H2,1-5H3,(H,30,33)/t19-,21?,23?,24?,28-,29?/m0/s1. The lowest BCUT2D eigenvalue weighted by Gasteiger charge is -2.46. The van der Waals surface area contributed by atoms with Gasteiger partial charge in [0.2, 0.25) is 0 Å². The topological polar surface area (TPSA) is 67.9 Å². The predicted molar refractivity (Wildman–Crippen MR) is 136 cm³/mol. The van der Waals surface area contributed by atoms with Crippen molar-refractivity contribution in [3.05, 3.63) is 41.5 Å². The third-order valence-electron chi connectivity index (χ3n) is 9.06. The van der Waals surface area contributed by atoms with Crippen molar-refractivity contribution in [3.8, 4) is 0 Å². The molecule has 6 atom stereocenters. The summed E-state index contributed by atoms with van der Waals surface area (Å²) >= 11 is 0. The number of methoxy groups -OCH3 is 1. The fraction of sp³-hybridized carbons (Fsp3) is 0.655. The maximum Gasteiger partial charge on any atom is 0.407 e. The molecule has 0 radical (unpaired) electrons. The summed E-state index contributed by atoms with van der Waals surface area (Å²) in [6.07, 6.45) is 8.87. The zero-order valence-electron chi connectivity index (χ0n) is 21.8. The van der Waals surface area contributed by atoms with Crippen LogP contribution in [0.15, 0.2) is 30.3 Å². The van der Waals surface area contributed by atoms with Gasteiger partial charge in [0, 0.05) is 24.0 Å². The summed E-state index contributed by atoms with van der Waals surface area (Å²) in [5.41, 5.74) is 1.90. The molecule has 1 aromatic rings. The van der Waals surface area contributed by atoms with Crippen molar-refractivity contribution in [2.45, 2.75) is 82.9 Å². The molecule has 1 aliphatic heterocycles. The lowest BCUT2D eigenvalue weighted by atomic mass is 9.67. The van der Waals surface area contributed by atoms with Crippen LogP contribution >= 0.6 is 0 Å². The number of nitrogens with one attached hydrogen (secondary N) is 1. The molecule has 6 nitrogen and oxygen atoms in total. The van der Waals surface area contributed by atoms with Crippen molar-refractivity contribution in [1.29, 1.82) is 0 Å². The number of carbonyl (C=O) groups is 2. The molecule has 1 saturated heterocycles. The Balaban J connectivity index is 1.25. The van der Waals surface area contributed by atoms with Crippen LogP contribution in [-0.4, -0.2) is 54.8 Å². The molecule has 5 rings (SSSR count). The number of likely N-dealkylation sites (tertiary alicyclic amines) is 1. The monoisotopic (exact) mass is 480 g/mol. The first-order valence-electron chi connectivity index (χ1n) is 13.2. The third kappa shape index (κ3) is 4.28. The lowest BCUT2D eigenvalue weighted by Crippen LogP contribution is -2.51. The molecule has 0 aromatic heterocycles. The quantitative estimate of drug-likeness (QED) is 0.620. The number of ether oxygens (including phenoxy) is 2. The minimum atomic E-state index is -0.537. The van der Waals surface area contributed by atoms with Crippen LogP contribution in [0.3, 0.4) is 0 Å². The van der Waals surface area contributed by atoms with Gasteiger partial charge in [-0.25, -0.2) is 4.79 Å². The Morgan fingerprint density at radius 2 is 1.94 bits per heavy atom. The molecule has 0 bridgehead atoms. The van der Waals surface area contributed by atoms with Gasteiger partial charge in [-0.15, -0.1) is 0 Å². The molecule has 1 spiro atoms. The van der Waals surface area contributed by atoms with Gasteiger partial charge in [-0.3, -0.25) is 9.69 Å². The summed E-state index contributed by atoms with van der Waals surface area (Å²) in [4.78, 5) is 28.0. The molecule has 4 aliphatic rings. The van der Waals surface area contributed by atoms with Gasteiger partial charge in [0.1, 0.15) is 5.60 Å². The van der Waals surface area contributed by atoms with Gasteiger partial charge < -0.3 is 14.8 Å². The highest BCUT2D eigenvalue weighted by Crippen LogP contribution is 2.57. The van der Waals surface area contributed by atoms with Crippen LogP contribution < -0.4 is 5.32 Å². The van der Waals surface area contributed by atoms with Gasteiger partial charge in [0.25, 0.3) is 0 Å². The second kappa shape index (κ2) is 8.65. The number of rotatable bonds is 4. The van der Waals surface area contributed by atoms with E-state index in [0.717, 1.165) is 45.2 Å². The van der Waals surface area contributed by atoms with E-state index in [1.54, 1.807) is 0 Å². The van der Waals surface area contributed by atoms with E-state index in [-0.39, 0.29) is 23.3 Å². The van der Waals surface area contributed by atoms with Gasteiger partial charge >= 0.3 is 12.1 Å². The van der Waals surface area contributed by atoms with E-state index in [1.807, 2.05) is 20.8 Å². The molecule has 35 heavy (non-hydrogen) atoms. The number of hydrogen-bond donors (Lipinski definition) is 1. The fourth-order valence-electron chi connectivity index (χ4n) is 7.22. The van der Waals surface area contributed by atoms with Crippen LogP contribution in [0, 0.1) is 17.3 Å². The molecule has 1 N–H and O–H groups in total. The lowest BCUT2D eigenvalue weighted by molar-refractivity contribution is -0.154. The number of alkyl carbamates (subject to hydrolysis) is 1. The first-order chi connectivity index (χ1) is 16.6. The summed E-state index contributed by atoms with van der Waals surface area (Å²) in [5.74, 6) is 0.505. The van der Waals surface area contributed by atoms with Crippen molar-refractivity contribution in [2.75, 3.05) is 20.2 Å². The molecular formula is C29H40N2O4. The van der Waals surface area contributed by atoms with E-state index in [4.69, 9.17) is 9.47 Å². The Hall–Kier alpha value is -2.34. The molecule has 2 saturated carbocycles. The van der Waals surface area contributed by atoms with E-state index in [9.17, 15) is 9.59 Å². The molecule has 4 unspecified atom stereocenters.